The van der Waals surface area contributed by atoms with E-state index in [1.807, 2.05) is 18.2 Å². The lowest BCUT2D eigenvalue weighted by Crippen LogP contribution is -2.09. The van der Waals surface area contributed by atoms with Gasteiger partial charge in [-0.15, -0.1) is 0 Å². The molecular formula is C20H20N2O5. The monoisotopic (exact) mass is 368 g/mol. The van der Waals surface area contributed by atoms with E-state index in [1.165, 1.54) is 10.7 Å². The van der Waals surface area contributed by atoms with Gasteiger partial charge in [0.25, 0.3) is 0 Å². The molecule has 2 aromatic heterocycles. The number of hydrogen-bond donors (Lipinski definition) is 0. The summed E-state index contributed by atoms with van der Waals surface area (Å²) in [5.41, 5.74) is 2.48. The average molecular weight is 368 g/mol. The maximum Gasteiger partial charge on any atom is 0.341 e. The summed E-state index contributed by atoms with van der Waals surface area (Å²) in [5.74, 6) is -0.347. The Morgan fingerprint density at radius 1 is 1.00 bits per heavy atom. The minimum Gasteiger partial charge on any atom is -0.496 e. The van der Waals surface area contributed by atoms with Crippen LogP contribution < -0.4 is 4.74 Å². The second-order valence-corrected chi connectivity index (χ2v) is 5.63. The third-order valence-electron chi connectivity index (χ3n) is 4.04. The van der Waals surface area contributed by atoms with Crippen molar-refractivity contribution in [1.82, 2.24) is 9.61 Å². The second kappa shape index (κ2) is 7.90. The molecule has 3 rings (SSSR count). The predicted molar refractivity (Wildman–Crippen MR) is 99.1 cm³/mol. The summed E-state index contributed by atoms with van der Waals surface area (Å²) >= 11 is 0. The standard InChI is InChI=1S/C20H20N2O5/c1-4-26-19(23)15-11-21-22-12-16(20(24)27-5-2)14(10-17(15)22)13-8-6-7-9-18(13)25-3/h6-12H,4-5H2,1-3H3. The Kier molecular flexibility index (Phi) is 5.40. The van der Waals surface area contributed by atoms with Crippen molar-refractivity contribution in [2.24, 2.45) is 0 Å². The number of hydrogen-bond acceptors (Lipinski definition) is 6. The van der Waals surface area contributed by atoms with E-state index in [2.05, 4.69) is 5.10 Å². The molecule has 2 heterocycles. The highest BCUT2D eigenvalue weighted by Crippen LogP contribution is 2.34. The molecule has 0 fully saturated rings. The first-order valence-electron chi connectivity index (χ1n) is 8.59. The van der Waals surface area contributed by atoms with Gasteiger partial charge in [0.2, 0.25) is 0 Å². The van der Waals surface area contributed by atoms with Gasteiger partial charge in [-0.3, -0.25) is 0 Å². The van der Waals surface area contributed by atoms with Crippen LogP contribution in [0.4, 0.5) is 0 Å². The summed E-state index contributed by atoms with van der Waals surface area (Å²) in [6.45, 7) is 3.99. The molecule has 0 bridgehead atoms. The summed E-state index contributed by atoms with van der Waals surface area (Å²) in [5, 5.41) is 4.18. The molecule has 1 aromatic carbocycles. The SMILES string of the molecule is CCOC(=O)c1cn2ncc(C(=O)OCC)c2cc1-c1ccccc1OC. The summed E-state index contributed by atoms with van der Waals surface area (Å²) < 4.78 is 17.2. The van der Waals surface area contributed by atoms with Crippen molar-refractivity contribution in [3.63, 3.8) is 0 Å². The Labute approximate surface area is 156 Å². The molecule has 0 spiro atoms. The third-order valence-corrected chi connectivity index (χ3v) is 4.04. The van der Waals surface area contributed by atoms with Crippen molar-refractivity contribution < 1.29 is 23.8 Å². The van der Waals surface area contributed by atoms with E-state index < -0.39 is 11.9 Å². The van der Waals surface area contributed by atoms with Crippen molar-refractivity contribution in [1.29, 1.82) is 0 Å². The molecule has 27 heavy (non-hydrogen) atoms. The molecule has 0 amide bonds. The van der Waals surface area contributed by atoms with E-state index in [1.54, 1.807) is 39.3 Å². The van der Waals surface area contributed by atoms with Crippen LogP contribution >= 0.6 is 0 Å². The maximum absolute atomic E-state index is 12.5. The van der Waals surface area contributed by atoms with E-state index in [9.17, 15) is 9.59 Å². The van der Waals surface area contributed by atoms with Crippen LogP contribution in [0, 0.1) is 0 Å². The lowest BCUT2D eigenvalue weighted by atomic mass is 9.99. The molecule has 0 saturated carbocycles. The fourth-order valence-corrected chi connectivity index (χ4v) is 2.85. The predicted octanol–water partition coefficient (Wildman–Crippen LogP) is 3.36. The van der Waals surface area contributed by atoms with Gasteiger partial charge in [-0.2, -0.15) is 5.10 Å². The number of pyridine rings is 1. The summed E-state index contributed by atoms with van der Waals surface area (Å²) in [4.78, 5) is 24.7. The number of rotatable bonds is 6. The second-order valence-electron chi connectivity index (χ2n) is 5.63. The third kappa shape index (κ3) is 3.48. The van der Waals surface area contributed by atoms with Crippen LogP contribution in [0.1, 0.15) is 34.6 Å². The smallest absolute Gasteiger partial charge is 0.341 e. The summed E-state index contributed by atoms with van der Waals surface area (Å²) in [6, 6.07) is 9.06. The van der Waals surface area contributed by atoms with Crippen molar-refractivity contribution in [2.75, 3.05) is 20.3 Å². The van der Waals surface area contributed by atoms with Gasteiger partial charge in [0.1, 0.15) is 11.3 Å². The van der Waals surface area contributed by atoms with E-state index in [0.29, 0.717) is 33.5 Å². The van der Waals surface area contributed by atoms with E-state index in [4.69, 9.17) is 14.2 Å². The average Bonchev–Trinajstić information content (AvgIpc) is 3.10. The molecule has 0 unspecified atom stereocenters. The highest BCUT2D eigenvalue weighted by Gasteiger charge is 2.22. The molecule has 7 heteroatoms. The Morgan fingerprint density at radius 2 is 1.67 bits per heavy atom. The highest BCUT2D eigenvalue weighted by molar-refractivity contribution is 6.02. The molecule has 0 atom stereocenters. The molecule has 0 aliphatic rings. The van der Waals surface area contributed by atoms with Gasteiger partial charge in [0.15, 0.2) is 0 Å². The first kappa shape index (κ1) is 18.4. The molecular weight excluding hydrogens is 348 g/mol. The minimum absolute atomic E-state index is 0.245. The van der Waals surface area contributed by atoms with Gasteiger partial charge < -0.3 is 14.2 Å². The molecule has 3 aromatic rings. The zero-order chi connectivity index (χ0) is 19.4. The van der Waals surface area contributed by atoms with E-state index in [0.717, 1.165) is 0 Å². The first-order valence-corrected chi connectivity index (χ1v) is 8.59. The number of para-hydroxylation sites is 1. The van der Waals surface area contributed by atoms with Crippen molar-refractivity contribution in [2.45, 2.75) is 13.8 Å². The van der Waals surface area contributed by atoms with Crippen molar-refractivity contribution in [3.8, 4) is 16.9 Å². The van der Waals surface area contributed by atoms with Crippen LogP contribution in [0.3, 0.4) is 0 Å². The minimum atomic E-state index is -0.478. The van der Waals surface area contributed by atoms with Crippen LogP contribution in [0.15, 0.2) is 42.7 Å². The highest BCUT2D eigenvalue weighted by atomic mass is 16.5. The van der Waals surface area contributed by atoms with Gasteiger partial charge in [0.05, 0.1) is 37.6 Å². The Morgan fingerprint density at radius 3 is 2.33 bits per heavy atom. The fourth-order valence-electron chi connectivity index (χ4n) is 2.85. The largest absolute Gasteiger partial charge is 0.496 e. The normalized spacial score (nSPS) is 10.6. The topological polar surface area (TPSA) is 79.1 Å². The number of esters is 2. The van der Waals surface area contributed by atoms with Crippen molar-refractivity contribution in [3.05, 3.63) is 53.9 Å². The van der Waals surface area contributed by atoms with E-state index in [-0.39, 0.29) is 13.2 Å². The lowest BCUT2D eigenvalue weighted by Gasteiger charge is -2.13. The molecule has 0 saturated heterocycles. The van der Waals surface area contributed by atoms with Gasteiger partial charge >= 0.3 is 11.9 Å². The summed E-state index contributed by atoms with van der Waals surface area (Å²) in [7, 11) is 1.56. The van der Waals surface area contributed by atoms with Gasteiger partial charge in [-0.05, 0) is 26.0 Å². The van der Waals surface area contributed by atoms with Crippen LogP contribution in [0.5, 0.6) is 5.75 Å². The molecule has 0 aliphatic carbocycles. The number of methoxy groups -OCH3 is 1. The van der Waals surface area contributed by atoms with Gasteiger partial charge in [-0.25, -0.2) is 14.1 Å². The quantitative estimate of drug-likeness (QED) is 0.621. The zero-order valence-corrected chi connectivity index (χ0v) is 15.4. The Hall–Kier alpha value is -3.35. The molecule has 140 valence electrons. The Bertz CT molecular complexity index is 993. The number of carbonyl (C=O) groups is 2. The first-order chi connectivity index (χ1) is 13.1. The number of fused-ring (bicyclic) bond motifs is 1. The molecule has 7 nitrogen and oxygen atoms in total. The summed E-state index contributed by atoms with van der Waals surface area (Å²) in [6.07, 6.45) is 2.98. The van der Waals surface area contributed by atoms with Gasteiger partial charge in [-0.1, -0.05) is 18.2 Å². The van der Waals surface area contributed by atoms with Crippen LogP contribution in [-0.2, 0) is 9.47 Å². The number of benzene rings is 1. The van der Waals surface area contributed by atoms with Crippen LogP contribution in [0.25, 0.3) is 16.6 Å². The Balaban J connectivity index is 2.27. The lowest BCUT2D eigenvalue weighted by molar-refractivity contribution is 0.0519. The zero-order valence-electron chi connectivity index (χ0n) is 15.4. The van der Waals surface area contributed by atoms with Crippen molar-refractivity contribution >= 4 is 17.5 Å². The van der Waals surface area contributed by atoms with Crippen LogP contribution in [-0.4, -0.2) is 41.9 Å². The van der Waals surface area contributed by atoms with E-state index >= 15 is 0 Å². The number of nitrogens with zero attached hydrogens (tertiary/aromatic N) is 2. The molecule has 0 radical (unpaired) electrons. The number of carbonyl (C=O) groups excluding carboxylic acids is 2. The number of ether oxygens (including phenoxy) is 3. The molecule has 0 N–H and O–H groups in total. The fraction of sp³-hybridized carbons (Fsp3) is 0.250. The maximum atomic E-state index is 12.5. The molecule has 0 aliphatic heterocycles. The van der Waals surface area contributed by atoms with Crippen LogP contribution in [0.2, 0.25) is 0 Å². The van der Waals surface area contributed by atoms with Gasteiger partial charge in [0, 0.05) is 17.3 Å². The number of aromatic nitrogens is 2.